The molecular weight excluding hydrogens is 943 g/mol. The molecule has 3 atom stereocenters. The maximum atomic E-state index is 13.7. The fourth-order valence-corrected chi connectivity index (χ4v) is 8.92. The summed E-state index contributed by atoms with van der Waals surface area (Å²) in [5, 5.41) is 8.58. The first-order chi connectivity index (χ1) is 35.7. The molecule has 0 saturated heterocycles. The number of carbonyl (C=O) groups excluding carboxylic acids is 6. The molecule has 74 heavy (non-hydrogen) atoms. The Labute approximate surface area is 432 Å². The highest BCUT2D eigenvalue weighted by Gasteiger charge is 2.33. The van der Waals surface area contributed by atoms with Gasteiger partial charge in [-0.3, -0.25) is 33.8 Å². The number of unbranched alkanes of at least 4 members (excludes halogenated alkanes) is 1. The van der Waals surface area contributed by atoms with Crippen molar-refractivity contribution < 1.29 is 47.7 Å². The van der Waals surface area contributed by atoms with E-state index >= 15 is 0 Å². The molecule has 390 valence electrons. The maximum absolute atomic E-state index is 13.7. The predicted molar refractivity (Wildman–Crippen MR) is 283 cm³/mol. The molecule has 2 aliphatic rings. The lowest BCUT2D eigenvalue weighted by Gasteiger charge is -2.34. The summed E-state index contributed by atoms with van der Waals surface area (Å²) < 4.78 is 24.1. The van der Waals surface area contributed by atoms with Gasteiger partial charge in [-0.15, -0.1) is 0 Å². The van der Waals surface area contributed by atoms with Gasteiger partial charge in [0.2, 0.25) is 11.8 Å². The molecule has 0 radical (unpaired) electrons. The van der Waals surface area contributed by atoms with E-state index in [0.717, 1.165) is 16.7 Å². The number of methoxy groups -OCH3 is 1. The molecule has 17 heteroatoms. The fraction of sp³-hybridized carbons (Fsp3) is 0.386. The highest BCUT2D eigenvalue weighted by molar-refractivity contribution is 6.06. The number of hydrogen-bond donors (Lipinski definition) is 4. The van der Waals surface area contributed by atoms with E-state index in [4.69, 9.17) is 29.7 Å². The Bertz CT molecular complexity index is 2820. The lowest BCUT2D eigenvalue weighted by atomic mass is 9.92. The molecule has 0 saturated carbocycles. The van der Waals surface area contributed by atoms with Crippen LogP contribution < -0.4 is 31.2 Å². The number of ether oxygens (including phenoxy) is 4. The quantitative estimate of drug-likeness (QED) is 0.0310. The lowest BCUT2D eigenvalue weighted by molar-refractivity contribution is -0.131. The minimum Gasteiger partial charge on any atom is -0.493 e. The first-order valence-corrected chi connectivity index (χ1v) is 25.2. The Hall–Kier alpha value is -7.47. The molecule has 17 nitrogen and oxygen atoms in total. The summed E-state index contributed by atoms with van der Waals surface area (Å²) in [5.41, 5.74) is 12.4. The van der Waals surface area contributed by atoms with Gasteiger partial charge >= 0.3 is 0 Å². The van der Waals surface area contributed by atoms with Gasteiger partial charge in [0.1, 0.15) is 0 Å². The van der Waals surface area contributed by atoms with Gasteiger partial charge in [0, 0.05) is 75.0 Å². The van der Waals surface area contributed by atoms with E-state index in [9.17, 15) is 28.8 Å². The lowest BCUT2D eigenvalue weighted by Crippen LogP contribution is -2.45. The monoisotopic (exact) mass is 1010 g/mol. The summed E-state index contributed by atoms with van der Waals surface area (Å²) in [5.74, 6) is -1.27. The molecule has 0 fully saturated rings. The molecule has 3 heterocycles. The molecule has 1 unspecified atom stereocenters. The van der Waals surface area contributed by atoms with E-state index in [0.29, 0.717) is 104 Å². The van der Waals surface area contributed by atoms with E-state index in [1.54, 1.807) is 67.2 Å². The molecule has 5 aromatic rings. The minimum atomic E-state index is -0.736. The number of ketones is 2. The van der Waals surface area contributed by atoms with Crippen molar-refractivity contribution in [2.45, 2.75) is 77.9 Å². The Balaban J connectivity index is 0.833. The van der Waals surface area contributed by atoms with Gasteiger partial charge < -0.3 is 50.1 Å². The number of anilines is 2. The Morgan fingerprint density at radius 3 is 2.19 bits per heavy atom. The summed E-state index contributed by atoms with van der Waals surface area (Å²) in [7, 11) is 3.30. The van der Waals surface area contributed by atoms with Crippen LogP contribution in [0.2, 0.25) is 0 Å². The molecule has 4 aromatic carbocycles. The van der Waals surface area contributed by atoms with Crippen LogP contribution in [0.1, 0.15) is 95.2 Å². The first kappa shape index (κ1) is 54.3. The minimum absolute atomic E-state index is 0.0444. The summed E-state index contributed by atoms with van der Waals surface area (Å²) >= 11 is 0. The second kappa shape index (κ2) is 26.0. The van der Waals surface area contributed by atoms with Crippen LogP contribution in [-0.2, 0) is 43.9 Å². The van der Waals surface area contributed by atoms with E-state index in [-0.39, 0.29) is 73.0 Å². The zero-order chi connectivity index (χ0) is 52.7. The van der Waals surface area contributed by atoms with Crippen LogP contribution in [0.3, 0.4) is 0 Å². The number of nitrogens with one attached hydrogen (secondary N) is 3. The molecule has 0 aliphatic carbocycles. The van der Waals surface area contributed by atoms with Crippen LogP contribution in [0.15, 0.2) is 102 Å². The number of Topliss-reactive ketones (excluding diaryl/α,β-unsaturated/α-hetero) is 2. The first-order valence-electron chi connectivity index (χ1n) is 25.2. The van der Waals surface area contributed by atoms with Gasteiger partial charge in [-0.25, -0.2) is 0 Å². The Morgan fingerprint density at radius 2 is 1.49 bits per heavy atom. The third kappa shape index (κ3) is 14.2. The fourth-order valence-electron chi connectivity index (χ4n) is 8.92. The second-order valence-electron chi connectivity index (χ2n) is 18.9. The van der Waals surface area contributed by atoms with Gasteiger partial charge in [-0.1, -0.05) is 69.3 Å². The summed E-state index contributed by atoms with van der Waals surface area (Å²) in [6.07, 6.45) is 5.72. The number of rotatable bonds is 26. The molecule has 0 spiro atoms. The Morgan fingerprint density at radius 1 is 0.784 bits per heavy atom. The van der Waals surface area contributed by atoms with E-state index < -0.39 is 12.0 Å². The third-order valence-corrected chi connectivity index (χ3v) is 13.1. The summed E-state index contributed by atoms with van der Waals surface area (Å²) in [4.78, 5) is 85.8. The van der Waals surface area contributed by atoms with Crippen LogP contribution in [0.4, 0.5) is 17.1 Å². The van der Waals surface area contributed by atoms with Crippen molar-refractivity contribution in [3.8, 4) is 22.6 Å². The zero-order valence-electron chi connectivity index (χ0n) is 42.8. The predicted octanol–water partition coefficient (Wildman–Crippen LogP) is 7.72. The van der Waals surface area contributed by atoms with Crippen LogP contribution in [0.5, 0.6) is 11.5 Å². The van der Waals surface area contributed by atoms with Crippen LogP contribution in [0, 0.1) is 11.8 Å². The number of aryl methyl sites for hydroxylation is 1. The van der Waals surface area contributed by atoms with Crippen molar-refractivity contribution in [2.24, 2.45) is 29.6 Å². The molecule has 2 aliphatic heterocycles. The number of nitrogens with zero attached hydrogens (tertiary/aromatic N) is 3. The van der Waals surface area contributed by atoms with Gasteiger partial charge in [0.15, 0.2) is 23.1 Å². The van der Waals surface area contributed by atoms with Crippen molar-refractivity contribution in [1.29, 1.82) is 0 Å². The Kier molecular flexibility index (Phi) is 19.0. The normalized spacial score (nSPS) is 14.5. The number of benzene rings is 4. The molecular formula is C57H67N7O10. The van der Waals surface area contributed by atoms with Gasteiger partial charge in [-0.2, -0.15) is 0 Å². The van der Waals surface area contributed by atoms with Crippen molar-refractivity contribution in [3.05, 3.63) is 125 Å². The van der Waals surface area contributed by atoms with Gasteiger partial charge in [0.05, 0.1) is 74.9 Å². The second-order valence-corrected chi connectivity index (χ2v) is 18.9. The molecule has 0 bridgehead atoms. The molecule has 1 aromatic heterocycles. The molecule has 5 N–H and O–H groups in total. The highest BCUT2D eigenvalue weighted by Crippen LogP contribution is 2.38. The van der Waals surface area contributed by atoms with Crippen LogP contribution >= 0.6 is 0 Å². The summed E-state index contributed by atoms with van der Waals surface area (Å²) in [6.45, 7) is 7.98. The van der Waals surface area contributed by atoms with Crippen molar-refractivity contribution in [3.63, 3.8) is 0 Å². The van der Waals surface area contributed by atoms with Crippen molar-refractivity contribution >= 4 is 58.5 Å². The van der Waals surface area contributed by atoms with Crippen LogP contribution in [-0.4, -0.2) is 110 Å². The number of fused-ring (bicyclic) bond motifs is 3. The zero-order valence-corrected chi connectivity index (χ0v) is 42.8. The topological polar surface area (TPSA) is 222 Å². The third-order valence-electron chi connectivity index (χ3n) is 13.1. The SMILES string of the molecule is COc1cc2c(cc1OCCCCC(=O)c1cc(NC(=O)c3ccc(-c4ccc(NC(=O)[C@H](C)CC(=O)C(NC(=O)CCOCCOCCN)C(C)C)cc4)cc3)cn1C)N=C[C@@H]1Cc3ccccc3CN1C2=O. The summed E-state index contributed by atoms with van der Waals surface area (Å²) in [6, 6.07) is 26.7. The van der Waals surface area contributed by atoms with Crippen molar-refractivity contribution in [2.75, 3.05) is 57.3 Å². The van der Waals surface area contributed by atoms with Crippen molar-refractivity contribution in [1.82, 2.24) is 14.8 Å². The van der Waals surface area contributed by atoms with Gasteiger partial charge in [0.25, 0.3) is 11.8 Å². The van der Waals surface area contributed by atoms with E-state index in [1.807, 2.05) is 61.4 Å². The average Bonchev–Trinajstić information content (AvgIpc) is 3.71. The number of amides is 4. The van der Waals surface area contributed by atoms with E-state index in [2.05, 4.69) is 28.1 Å². The number of aliphatic imine (C=N–C) groups is 1. The average molecular weight is 1010 g/mol. The number of carbonyl (C=O) groups is 6. The molecule has 4 amide bonds. The van der Waals surface area contributed by atoms with E-state index in [1.165, 1.54) is 12.7 Å². The standard InChI is InChI=1S/C57H67N7O10/c1-36(2)54(62-53(67)21-24-72-26-27-73-25-22-58)50(66)28-37(3)55(68)60-43-19-17-39(18-20-43)38-13-15-40(16-14-38)56(69)61-44-30-48(63(4)35-44)49(65)12-8-9-23-74-52-32-47-46(31-51(52)71-5)57(70)64-34-42-11-7-6-10-41(42)29-45(64)33-59-47/h6-7,10-11,13-20,30-33,35-37,45,54H,8-9,12,21-29,34,58H2,1-5H3,(H,60,68)(H,61,69)(H,62,67)/t37-,45+,54?/m1/s1. The highest BCUT2D eigenvalue weighted by atomic mass is 16.5. The molecule has 7 rings (SSSR count). The number of nitrogens with two attached hydrogens (primary N) is 1. The van der Waals surface area contributed by atoms with Gasteiger partial charge in [-0.05, 0) is 83.8 Å². The number of hydrogen-bond acceptors (Lipinski definition) is 12. The maximum Gasteiger partial charge on any atom is 0.257 e. The van der Waals surface area contributed by atoms with Crippen LogP contribution in [0.25, 0.3) is 11.1 Å². The smallest absolute Gasteiger partial charge is 0.257 e. The number of aromatic nitrogens is 1. The largest absolute Gasteiger partial charge is 0.493 e.